The van der Waals surface area contributed by atoms with Crippen molar-refractivity contribution in [3.63, 3.8) is 0 Å². The highest BCUT2D eigenvalue weighted by atomic mass is 32.2. The van der Waals surface area contributed by atoms with Gasteiger partial charge in [-0.25, -0.2) is 4.90 Å². The van der Waals surface area contributed by atoms with Crippen molar-refractivity contribution < 1.29 is 14.2 Å². The Morgan fingerprint density at radius 2 is 2.03 bits per heavy atom. The first-order valence-corrected chi connectivity index (χ1v) is 11.7. The molecule has 0 bridgehead atoms. The van der Waals surface area contributed by atoms with E-state index < -0.39 is 6.17 Å². The van der Waals surface area contributed by atoms with Crippen LogP contribution in [-0.2, 0) is 4.79 Å². The van der Waals surface area contributed by atoms with E-state index in [1.54, 1.807) is 15.7 Å². The number of rotatable bonds is 7. The molecule has 0 radical (unpaired) electrons. The lowest BCUT2D eigenvalue weighted by Gasteiger charge is -2.32. The zero-order chi connectivity index (χ0) is 22.7. The van der Waals surface area contributed by atoms with Gasteiger partial charge in [0.05, 0.1) is 11.3 Å². The lowest BCUT2D eigenvalue weighted by atomic mass is 10.0. The quantitative estimate of drug-likeness (QED) is 0.338. The Labute approximate surface area is 190 Å². The number of aromatic nitrogens is 3. The molecule has 1 amide bonds. The van der Waals surface area contributed by atoms with Gasteiger partial charge in [-0.2, -0.15) is 0 Å². The van der Waals surface area contributed by atoms with Crippen LogP contribution in [0.5, 0.6) is 5.75 Å². The molecule has 1 N–H and O–H groups in total. The second kappa shape index (κ2) is 9.40. The number of anilines is 1. The molecule has 4 rings (SSSR count). The van der Waals surface area contributed by atoms with Crippen molar-refractivity contribution in [2.24, 2.45) is 0 Å². The van der Waals surface area contributed by atoms with Gasteiger partial charge in [0.2, 0.25) is 11.1 Å². The fourth-order valence-corrected chi connectivity index (χ4v) is 4.22. The number of hydrogen-bond acceptors (Lipinski definition) is 5. The number of para-hydroxylation sites is 1. The Balaban J connectivity index is 1.95. The van der Waals surface area contributed by atoms with Gasteiger partial charge in [0.1, 0.15) is 12.4 Å². The van der Waals surface area contributed by atoms with Gasteiger partial charge in [-0.3, -0.25) is 14.6 Å². The molecule has 7 nitrogen and oxygen atoms in total. The Hall–Kier alpha value is -3.39. The molecule has 1 aliphatic heterocycles. The third kappa shape index (κ3) is 3.93. The highest BCUT2D eigenvalue weighted by Gasteiger charge is 2.45. The largest absolute Gasteiger partial charge is 0.490 e. The van der Waals surface area contributed by atoms with E-state index in [1.807, 2.05) is 61.7 Å². The first-order chi connectivity index (χ1) is 15.6. The molecule has 8 heteroatoms. The number of nitrogens with zero attached hydrogens (tertiary/aromatic N) is 3. The molecule has 0 fully saturated rings. The lowest BCUT2D eigenvalue weighted by Crippen LogP contribution is -2.60. The molecule has 0 saturated heterocycles. The van der Waals surface area contributed by atoms with Gasteiger partial charge in [0.25, 0.3) is 6.17 Å². The molecule has 2 aromatic carbocycles. The van der Waals surface area contributed by atoms with E-state index >= 15 is 0 Å². The van der Waals surface area contributed by atoms with Crippen LogP contribution >= 0.6 is 11.8 Å². The van der Waals surface area contributed by atoms with Gasteiger partial charge >= 0.3 is 11.3 Å². The SMILES string of the molecule is C=CCOc1ccc([C@@H]2N(C(=O)CCC)c3ccccc3-c3c(=O)[nH]c(SC)n[n+]32)cc1. The molecule has 2 heterocycles. The molecule has 0 aliphatic carbocycles. The summed E-state index contributed by atoms with van der Waals surface area (Å²) in [5, 5.41) is 5.18. The minimum Gasteiger partial charge on any atom is -0.490 e. The molecule has 1 aliphatic rings. The number of thioether (sulfide) groups is 1. The molecule has 164 valence electrons. The summed E-state index contributed by atoms with van der Waals surface area (Å²) in [5.74, 6) is 0.674. The van der Waals surface area contributed by atoms with E-state index in [1.165, 1.54) is 11.8 Å². The minimum absolute atomic E-state index is 0.0251. The third-order valence-electron chi connectivity index (χ3n) is 5.23. The number of nitrogens with one attached hydrogen (secondary N) is 1. The van der Waals surface area contributed by atoms with Crippen LogP contribution in [-0.4, -0.2) is 28.9 Å². The van der Waals surface area contributed by atoms with Crippen molar-refractivity contribution in [3.05, 3.63) is 77.1 Å². The first kappa shape index (κ1) is 21.8. The van der Waals surface area contributed by atoms with Crippen LogP contribution in [0.2, 0.25) is 0 Å². The highest BCUT2D eigenvalue weighted by Crippen LogP contribution is 2.38. The van der Waals surface area contributed by atoms with Crippen molar-refractivity contribution in [1.82, 2.24) is 10.1 Å². The van der Waals surface area contributed by atoms with Crippen LogP contribution in [0.3, 0.4) is 0 Å². The number of aromatic amines is 1. The fraction of sp³-hybridized carbons (Fsp3) is 0.250. The van der Waals surface area contributed by atoms with Gasteiger partial charge in [-0.05, 0) is 53.8 Å². The zero-order valence-corrected chi connectivity index (χ0v) is 18.9. The lowest BCUT2D eigenvalue weighted by molar-refractivity contribution is -0.763. The van der Waals surface area contributed by atoms with Crippen molar-refractivity contribution in [2.45, 2.75) is 31.1 Å². The van der Waals surface area contributed by atoms with Gasteiger partial charge < -0.3 is 4.74 Å². The number of hydrogen-bond donors (Lipinski definition) is 1. The van der Waals surface area contributed by atoms with Crippen LogP contribution in [0.25, 0.3) is 11.3 Å². The van der Waals surface area contributed by atoms with E-state index in [0.717, 1.165) is 12.0 Å². The number of carbonyl (C=O) groups is 1. The number of benzene rings is 2. The fourth-order valence-electron chi connectivity index (χ4n) is 3.86. The number of fused-ring (bicyclic) bond motifs is 3. The Morgan fingerprint density at radius 3 is 2.72 bits per heavy atom. The summed E-state index contributed by atoms with van der Waals surface area (Å²) in [6.07, 6.45) is 4.04. The molecule has 1 atom stereocenters. The van der Waals surface area contributed by atoms with E-state index in [0.29, 0.717) is 40.9 Å². The Kier molecular flexibility index (Phi) is 6.41. The van der Waals surface area contributed by atoms with Crippen LogP contribution in [0.4, 0.5) is 5.69 Å². The van der Waals surface area contributed by atoms with Crippen LogP contribution in [0.1, 0.15) is 31.5 Å². The van der Waals surface area contributed by atoms with E-state index in [2.05, 4.69) is 11.6 Å². The summed E-state index contributed by atoms with van der Waals surface area (Å²) in [4.78, 5) is 31.0. The number of H-pyrrole nitrogens is 1. The topological polar surface area (TPSA) is 79.2 Å². The summed E-state index contributed by atoms with van der Waals surface area (Å²) in [6.45, 7) is 6.05. The monoisotopic (exact) mass is 449 g/mol. The predicted molar refractivity (Wildman–Crippen MR) is 125 cm³/mol. The minimum atomic E-state index is -0.597. The highest BCUT2D eigenvalue weighted by molar-refractivity contribution is 7.98. The average Bonchev–Trinajstić information content (AvgIpc) is 2.82. The van der Waals surface area contributed by atoms with E-state index in [9.17, 15) is 9.59 Å². The number of ether oxygens (including phenoxy) is 1. The van der Waals surface area contributed by atoms with Gasteiger partial charge in [-0.1, -0.05) is 43.5 Å². The Morgan fingerprint density at radius 1 is 1.28 bits per heavy atom. The summed E-state index contributed by atoms with van der Waals surface area (Å²) in [6, 6.07) is 15.0. The first-order valence-electron chi connectivity index (χ1n) is 10.4. The summed E-state index contributed by atoms with van der Waals surface area (Å²) in [5.41, 5.74) is 2.39. The maximum atomic E-state index is 13.4. The van der Waals surface area contributed by atoms with E-state index in [4.69, 9.17) is 9.84 Å². The maximum absolute atomic E-state index is 13.4. The van der Waals surface area contributed by atoms with Crippen molar-refractivity contribution in [2.75, 3.05) is 17.8 Å². The molecule has 32 heavy (non-hydrogen) atoms. The maximum Gasteiger partial charge on any atom is 0.325 e. The molecule has 0 saturated carbocycles. The second-order valence-corrected chi connectivity index (χ2v) is 8.12. The summed E-state index contributed by atoms with van der Waals surface area (Å²) >= 11 is 1.35. The van der Waals surface area contributed by atoms with Crippen LogP contribution in [0, 0.1) is 0 Å². The van der Waals surface area contributed by atoms with Crippen molar-refractivity contribution >= 4 is 23.4 Å². The average molecular weight is 450 g/mol. The predicted octanol–water partition coefficient (Wildman–Crippen LogP) is 3.70. The smallest absolute Gasteiger partial charge is 0.325 e. The Bertz CT molecular complexity index is 1210. The molecule has 3 aromatic rings. The van der Waals surface area contributed by atoms with Gasteiger partial charge in [-0.15, -0.1) is 0 Å². The molecular weight excluding hydrogens is 424 g/mol. The summed E-state index contributed by atoms with van der Waals surface area (Å²) in [7, 11) is 0. The van der Waals surface area contributed by atoms with Gasteiger partial charge in [0, 0.05) is 17.1 Å². The molecule has 0 unspecified atom stereocenters. The van der Waals surface area contributed by atoms with Crippen molar-refractivity contribution in [3.8, 4) is 17.0 Å². The van der Waals surface area contributed by atoms with Gasteiger partial charge in [0.15, 0.2) is 0 Å². The standard InChI is InChI=1S/C24H24N4O3S/c1-4-8-20(29)27-19-10-7-6-9-18(19)21-22(30)25-24(32-3)26-28(21)23(27)16-11-13-17(14-12-16)31-15-5-2/h5-7,9-14,23H,2,4,8,15H2,1,3H3/p+1/t23-/m1/s1. The number of amides is 1. The normalized spacial score (nSPS) is 14.4. The molecule has 1 aromatic heterocycles. The van der Waals surface area contributed by atoms with E-state index in [-0.39, 0.29) is 11.5 Å². The number of carbonyl (C=O) groups excluding carboxylic acids is 1. The van der Waals surface area contributed by atoms with Crippen molar-refractivity contribution in [1.29, 1.82) is 0 Å². The molecular formula is C24H25N4O3S+. The van der Waals surface area contributed by atoms with Crippen LogP contribution < -0.4 is 19.9 Å². The van der Waals surface area contributed by atoms with Crippen LogP contribution in [0.15, 0.2) is 71.1 Å². The third-order valence-corrected chi connectivity index (χ3v) is 5.80. The summed E-state index contributed by atoms with van der Waals surface area (Å²) < 4.78 is 7.28. The molecule has 0 spiro atoms. The second-order valence-electron chi connectivity index (χ2n) is 7.33. The zero-order valence-electron chi connectivity index (χ0n) is 18.1.